The minimum Gasteiger partial charge on any atom is -0.494 e. The van der Waals surface area contributed by atoms with Crippen LogP contribution in [-0.4, -0.2) is 35.2 Å². The van der Waals surface area contributed by atoms with E-state index >= 15 is 0 Å². The largest absolute Gasteiger partial charge is 0.494 e. The SMILES string of the molecule is COc1cc(N)ccc1NC(=O)CSc1nnc(SC)s1. The van der Waals surface area contributed by atoms with Gasteiger partial charge in [0.25, 0.3) is 0 Å². The van der Waals surface area contributed by atoms with Crippen LogP contribution in [-0.2, 0) is 4.79 Å². The van der Waals surface area contributed by atoms with E-state index in [0.717, 1.165) is 8.68 Å². The highest BCUT2D eigenvalue weighted by Crippen LogP contribution is 2.29. The predicted molar refractivity (Wildman–Crippen MR) is 88.5 cm³/mol. The van der Waals surface area contributed by atoms with Gasteiger partial charge in [-0.1, -0.05) is 34.9 Å². The Hall–Kier alpha value is -1.45. The number of anilines is 2. The highest BCUT2D eigenvalue weighted by molar-refractivity contribution is 8.03. The summed E-state index contributed by atoms with van der Waals surface area (Å²) in [6.07, 6.45) is 1.94. The smallest absolute Gasteiger partial charge is 0.234 e. The fourth-order valence-corrected chi connectivity index (χ4v) is 3.70. The van der Waals surface area contributed by atoms with Gasteiger partial charge in [0, 0.05) is 11.8 Å². The number of carbonyl (C=O) groups excluding carboxylic acids is 1. The van der Waals surface area contributed by atoms with Gasteiger partial charge in [-0.2, -0.15) is 0 Å². The van der Waals surface area contributed by atoms with Crippen LogP contribution < -0.4 is 15.8 Å². The van der Waals surface area contributed by atoms with E-state index in [0.29, 0.717) is 17.1 Å². The molecule has 6 nitrogen and oxygen atoms in total. The molecule has 2 rings (SSSR count). The van der Waals surface area contributed by atoms with Gasteiger partial charge >= 0.3 is 0 Å². The number of amides is 1. The van der Waals surface area contributed by atoms with Gasteiger partial charge in [-0.25, -0.2) is 0 Å². The number of ether oxygens (including phenoxy) is 1. The Kier molecular flexibility index (Phi) is 5.71. The van der Waals surface area contributed by atoms with Gasteiger partial charge in [0.15, 0.2) is 8.68 Å². The van der Waals surface area contributed by atoms with E-state index in [4.69, 9.17) is 10.5 Å². The Bertz CT molecular complexity index is 633. The van der Waals surface area contributed by atoms with Crippen molar-refractivity contribution in [3.63, 3.8) is 0 Å². The molecule has 2 aromatic rings. The second kappa shape index (κ2) is 7.53. The molecule has 1 aromatic heterocycles. The summed E-state index contributed by atoms with van der Waals surface area (Å²) in [7, 11) is 1.53. The van der Waals surface area contributed by atoms with Crippen LogP contribution in [0.3, 0.4) is 0 Å². The normalized spacial score (nSPS) is 10.4. The average Bonchev–Trinajstić information content (AvgIpc) is 2.95. The molecule has 1 heterocycles. The van der Waals surface area contributed by atoms with E-state index in [1.54, 1.807) is 18.2 Å². The van der Waals surface area contributed by atoms with Crippen molar-refractivity contribution in [2.75, 3.05) is 30.2 Å². The van der Waals surface area contributed by atoms with Crippen molar-refractivity contribution in [2.45, 2.75) is 8.68 Å². The molecule has 0 spiro atoms. The Morgan fingerprint density at radius 2 is 2.19 bits per heavy atom. The fraction of sp³-hybridized carbons (Fsp3) is 0.250. The van der Waals surface area contributed by atoms with E-state index in [-0.39, 0.29) is 11.7 Å². The monoisotopic (exact) mass is 342 g/mol. The molecule has 0 unspecified atom stereocenters. The van der Waals surface area contributed by atoms with Gasteiger partial charge in [0.1, 0.15) is 5.75 Å². The van der Waals surface area contributed by atoms with Crippen LogP contribution in [0.2, 0.25) is 0 Å². The number of hydrogen-bond donors (Lipinski definition) is 2. The lowest BCUT2D eigenvalue weighted by Crippen LogP contribution is -2.14. The molecule has 9 heteroatoms. The summed E-state index contributed by atoms with van der Waals surface area (Å²) in [6, 6.07) is 5.09. The molecule has 0 aliphatic carbocycles. The summed E-state index contributed by atoms with van der Waals surface area (Å²) in [4.78, 5) is 11.9. The van der Waals surface area contributed by atoms with Crippen LogP contribution in [0.15, 0.2) is 26.9 Å². The fourth-order valence-electron chi connectivity index (χ4n) is 1.46. The molecule has 0 saturated heterocycles. The van der Waals surface area contributed by atoms with Crippen molar-refractivity contribution in [3.8, 4) is 5.75 Å². The molecule has 1 amide bonds. The van der Waals surface area contributed by atoms with Crippen molar-refractivity contribution in [1.29, 1.82) is 0 Å². The minimum atomic E-state index is -0.135. The van der Waals surface area contributed by atoms with Crippen molar-refractivity contribution in [3.05, 3.63) is 18.2 Å². The molecule has 0 aliphatic rings. The summed E-state index contributed by atoms with van der Waals surface area (Å²) in [6.45, 7) is 0. The summed E-state index contributed by atoms with van der Waals surface area (Å²) in [5.74, 6) is 0.661. The van der Waals surface area contributed by atoms with Crippen LogP contribution in [0.5, 0.6) is 5.75 Å². The summed E-state index contributed by atoms with van der Waals surface area (Å²) in [5.41, 5.74) is 6.85. The van der Waals surface area contributed by atoms with Crippen LogP contribution in [0.1, 0.15) is 0 Å². The molecule has 0 aliphatic heterocycles. The van der Waals surface area contributed by atoms with Gasteiger partial charge in [0.05, 0.1) is 18.6 Å². The first-order valence-corrected chi connectivity index (χ1v) is 8.88. The number of nitrogens with zero attached hydrogens (tertiary/aromatic N) is 2. The first kappa shape index (κ1) is 15.9. The number of aromatic nitrogens is 2. The van der Waals surface area contributed by atoms with Crippen LogP contribution in [0.25, 0.3) is 0 Å². The molecule has 112 valence electrons. The van der Waals surface area contributed by atoms with Gasteiger partial charge in [-0.15, -0.1) is 10.2 Å². The summed E-state index contributed by atoms with van der Waals surface area (Å²) in [5, 5.41) is 10.8. The van der Waals surface area contributed by atoms with Crippen molar-refractivity contribution in [2.24, 2.45) is 0 Å². The highest BCUT2D eigenvalue weighted by Gasteiger charge is 2.10. The quantitative estimate of drug-likeness (QED) is 0.616. The Morgan fingerprint density at radius 1 is 1.43 bits per heavy atom. The summed E-state index contributed by atoms with van der Waals surface area (Å²) < 4.78 is 6.85. The predicted octanol–water partition coefficient (Wildman–Crippen LogP) is 2.58. The maximum Gasteiger partial charge on any atom is 0.234 e. The zero-order valence-corrected chi connectivity index (χ0v) is 13.9. The molecule has 0 atom stereocenters. The third kappa shape index (κ3) is 4.51. The standard InChI is InChI=1S/C12H14N4O2S3/c1-18-9-5-7(13)3-4-8(9)14-10(17)6-20-12-16-15-11(19-2)21-12/h3-5H,6,13H2,1-2H3,(H,14,17). The van der Waals surface area contributed by atoms with Crippen molar-refractivity contribution in [1.82, 2.24) is 10.2 Å². The number of methoxy groups -OCH3 is 1. The molecular weight excluding hydrogens is 328 g/mol. The average molecular weight is 342 g/mol. The molecule has 1 aromatic carbocycles. The van der Waals surface area contributed by atoms with Crippen molar-refractivity contribution < 1.29 is 9.53 Å². The number of carbonyl (C=O) groups is 1. The molecule has 0 fully saturated rings. The summed E-state index contributed by atoms with van der Waals surface area (Å²) >= 11 is 4.36. The lowest BCUT2D eigenvalue weighted by atomic mass is 10.2. The topological polar surface area (TPSA) is 90.1 Å². The van der Waals surface area contributed by atoms with E-state index in [2.05, 4.69) is 15.5 Å². The zero-order chi connectivity index (χ0) is 15.2. The van der Waals surface area contributed by atoms with Gasteiger partial charge in [-0.05, 0) is 18.4 Å². The first-order chi connectivity index (χ1) is 10.1. The van der Waals surface area contributed by atoms with Gasteiger partial charge in [0.2, 0.25) is 5.91 Å². The van der Waals surface area contributed by atoms with Crippen LogP contribution in [0.4, 0.5) is 11.4 Å². The van der Waals surface area contributed by atoms with E-state index in [1.807, 2.05) is 6.26 Å². The number of nitrogens with one attached hydrogen (secondary N) is 1. The molecule has 21 heavy (non-hydrogen) atoms. The lowest BCUT2D eigenvalue weighted by Gasteiger charge is -2.10. The third-order valence-electron chi connectivity index (χ3n) is 2.39. The molecule has 0 saturated carbocycles. The minimum absolute atomic E-state index is 0.135. The van der Waals surface area contributed by atoms with Crippen LogP contribution >= 0.6 is 34.9 Å². The number of hydrogen-bond acceptors (Lipinski definition) is 8. The maximum absolute atomic E-state index is 11.9. The molecule has 0 bridgehead atoms. The first-order valence-electron chi connectivity index (χ1n) is 5.86. The second-order valence-electron chi connectivity index (χ2n) is 3.83. The molecule has 3 N–H and O–H groups in total. The Morgan fingerprint density at radius 3 is 2.86 bits per heavy atom. The van der Waals surface area contributed by atoms with Crippen molar-refractivity contribution >= 4 is 52.1 Å². The second-order valence-corrected chi connectivity index (χ2v) is 7.09. The molecule has 0 radical (unpaired) electrons. The molecular formula is C12H14N4O2S3. The van der Waals surface area contributed by atoms with Crippen LogP contribution in [0, 0.1) is 0 Å². The van der Waals surface area contributed by atoms with E-state index in [1.165, 1.54) is 42.0 Å². The highest BCUT2D eigenvalue weighted by atomic mass is 32.2. The number of nitrogens with two attached hydrogens (primary N) is 1. The Balaban J connectivity index is 1.92. The van der Waals surface area contributed by atoms with E-state index in [9.17, 15) is 4.79 Å². The number of rotatable bonds is 6. The Labute approximate surface area is 134 Å². The number of benzene rings is 1. The third-order valence-corrected chi connectivity index (χ3v) is 5.42. The number of nitrogen functional groups attached to an aromatic ring is 1. The van der Waals surface area contributed by atoms with Gasteiger partial charge in [-0.3, -0.25) is 4.79 Å². The number of thioether (sulfide) groups is 2. The van der Waals surface area contributed by atoms with E-state index < -0.39 is 0 Å². The van der Waals surface area contributed by atoms with Gasteiger partial charge < -0.3 is 15.8 Å². The lowest BCUT2D eigenvalue weighted by molar-refractivity contribution is -0.113. The maximum atomic E-state index is 11.9. The zero-order valence-electron chi connectivity index (χ0n) is 11.5.